The van der Waals surface area contributed by atoms with Gasteiger partial charge in [0.2, 0.25) is 5.69 Å². The molecule has 0 radical (unpaired) electrons. The van der Waals surface area contributed by atoms with Gasteiger partial charge in [0.1, 0.15) is 7.05 Å². The zero-order chi connectivity index (χ0) is 16.7. The monoisotopic (exact) mass is 314 g/mol. The van der Waals surface area contributed by atoms with Crippen molar-refractivity contribution in [1.82, 2.24) is 0 Å². The Morgan fingerprint density at radius 1 is 0.875 bits per heavy atom. The van der Waals surface area contributed by atoms with Gasteiger partial charge in [-0.25, -0.2) is 4.57 Å². The fraction of sp³-hybridized carbons (Fsp3) is 0.261. The molecule has 0 amide bonds. The van der Waals surface area contributed by atoms with Gasteiger partial charge in [0.05, 0.1) is 0 Å². The van der Waals surface area contributed by atoms with Crippen molar-refractivity contribution < 1.29 is 4.57 Å². The molecule has 1 aliphatic carbocycles. The summed E-state index contributed by atoms with van der Waals surface area (Å²) in [7, 11) is 2.14. The summed E-state index contributed by atoms with van der Waals surface area (Å²) in [5, 5.41) is 0. The summed E-state index contributed by atoms with van der Waals surface area (Å²) in [4.78, 5) is 0. The standard InChI is InChI=1S/C23H24N/c1-16-9-10-23(24(3)15-16)22-14-21-13-20(12-19(21)11-17(22)2)18-7-5-4-6-8-18/h4-11,14-15,20H,12-13H2,1-3H3/q+1. The highest BCUT2D eigenvalue weighted by atomic mass is 14.9. The van der Waals surface area contributed by atoms with Crippen molar-refractivity contribution in [2.45, 2.75) is 32.6 Å². The predicted octanol–water partition coefficient (Wildman–Crippen LogP) is 4.68. The molecule has 0 spiro atoms. The van der Waals surface area contributed by atoms with Gasteiger partial charge in [0.15, 0.2) is 6.20 Å². The Morgan fingerprint density at radius 2 is 1.58 bits per heavy atom. The lowest BCUT2D eigenvalue weighted by Gasteiger charge is -2.08. The molecule has 2 aromatic carbocycles. The van der Waals surface area contributed by atoms with Gasteiger partial charge < -0.3 is 0 Å². The summed E-state index contributed by atoms with van der Waals surface area (Å²) in [6, 6.07) is 20.2. The van der Waals surface area contributed by atoms with E-state index in [0.717, 1.165) is 6.42 Å². The van der Waals surface area contributed by atoms with Crippen molar-refractivity contribution in [3.63, 3.8) is 0 Å². The molecule has 1 unspecified atom stereocenters. The highest BCUT2D eigenvalue weighted by Crippen LogP contribution is 2.37. The Kier molecular flexibility index (Phi) is 3.72. The van der Waals surface area contributed by atoms with Crippen LogP contribution in [0.4, 0.5) is 0 Å². The van der Waals surface area contributed by atoms with Crippen LogP contribution >= 0.6 is 0 Å². The first kappa shape index (κ1) is 15.1. The predicted molar refractivity (Wildman–Crippen MR) is 99.1 cm³/mol. The first-order chi connectivity index (χ1) is 11.6. The first-order valence-electron chi connectivity index (χ1n) is 8.76. The van der Waals surface area contributed by atoms with Crippen LogP contribution in [0.1, 0.15) is 33.7 Å². The van der Waals surface area contributed by atoms with Crippen LogP contribution in [-0.2, 0) is 19.9 Å². The van der Waals surface area contributed by atoms with Gasteiger partial charge in [0.25, 0.3) is 0 Å². The molecular formula is C23H24N+. The van der Waals surface area contributed by atoms with E-state index in [1.807, 2.05) is 0 Å². The molecule has 0 fully saturated rings. The highest BCUT2D eigenvalue weighted by Gasteiger charge is 2.25. The van der Waals surface area contributed by atoms with Gasteiger partial charge in [-0.1, -0.05) is 36.4 Å². The number of benzene rings is 2. The van der Waals surface area contributed by atoms with Gasteiger partial charge in [-0.05, 0) is 67.0 Å². The minimum Gasteiger partial charge on any atom is -0.201 e. The Hall–Kier alpha value is -2.41. The van der Waals surface area contributed by atoms with Gasteiger partial charge in [-0.2, -0.15) is 0 Å². The fourth-order valence-electron chi connectivity index (χ4n) is 4.06. The zero-order valence-electron chi connectivity index (χ0n) is 14.7. The van der Waals surface area contributed by atoms with Crippen LogP contribution in [0.25, 0.3) is 11.3 Å². The molecule has 1 heterocycles. The SMILES string of the molecule is Cc1ccc(-c2cc3c(cc2C)CC(c2ccccc2)C3)[n+](C)c1. The molecule has 24 heavy (non-hydrogen) atoms. The van der Waals surface area contributed by atoms with Crippen molar-refractivity contribution >= 4 is 0 Å². The molecule has 3 aromatic rings. The molecule has 1 atom stereocenters. The van der Waals surface area contributed by atoms with Crippen LogP contribution in [0, 0.1) is 13.8 Å². The van der Waals surface area contributed by atoms with Crippen molar-refractivity contribution in [3.8, 4) is 11.3 Å². The maximum atomic E-state index is 2.43. The number of aromatic nitrogens is 1. The van der Waals surface area contributed by atoms with E-state index in [2.05, 4.69) is 86.3 Å². The lowest BCUT2D eigenvalue weighted by atomic mass is 9.96. The number of rotatable bonds is 2. The Bertz CT molecular complexity index is 893. The van der Waals surface area contributed by atoms with Crippen molar-refractivity contribution in [2.24, 2.45) is 7.05 Å². The van der Waals surface area contributed by atoms with E-state index in [1.54, 1.807) is 0 Å². The van der Waals surface area contributed by atoms with E-state index in [9.17, 15) is 0 Å². The second-order valence-electron chi connectivity index (χ2n) is 7.15. The van der Waals surface area contributed by atoms with Crippen molar-refractivity contribution in [3.05, 3.63) is 88.6 Å². The largest absolute Gasteiger partial charge is 0.212 e. The molecule has 1 nitrogen and oxygen atoms in total. The van der Waals surface area contributed by atoms with E-state index in [4.69, 9.17) is 0 Å². The van der Waals surface area contributed by atoms with Gasteiger partial charge in [-0.3, -0.25) is 0 Å². The van der Waals surface area contributed by atoms with Crippen molar-refractivity contribution in [2.75, 3.05) is 0 Å². The number of fused-ring (bicyclic) bond motifs is 1. The van der Waals surface area contributed by atoms with Crippen LogP contribution < -0.4 is 4.57 Å². The van der Waals surface area contributed by atoms with Crippen LogP contribution in [0.3, 0.4) is 0 Å². The summed E-state index contributed by atoms with van der Waals surface area (Å²) in [5.41, 5.74) is 9.85. The number of hydrogen-bond donors (Lipinski definition) is 0. The third-order valence-electron chi connectivity index (χ3n) is 5.31. The summed E-state index contributed by atoms with van der Waals surface area (Å²) < 4.78 is 2.24. The summed E-state index contributed by atoms with van der Waals surface area (Å²) in [6.45, 7) is 4.38. The van der Waals surface area contributed by atoms with Crippen LogP contribution in [-0.4, -0.2) is 0 Å². The van der Waals surface area contributed by atoms with E-state index in [-0.39, 0.29) is 0 Å². The van der Waals surface area contributed by atoms with E-state index < -0.39 is 0 Å². The number of nitrogens with zero attached hydrogens (tertiary/aromatic N) is 1. The second kappa shape index (κ2) is 5.90. The van der Waals surface area contributed by atoms with Crippen LogP contribution in [0.2, 0.25) is 0 Å². The molecule has 0 saturated heterocycles. The van der Waals surface area contributed by atoms with E-state index in [0.29, 0.717) is 5.92 Å². The number of hydrogen-bond acceptors (Lipinski definition) is 0. The molecule has 0 aliphatic heterocycles. The van der Waals surface area contributed by atoms with Gasteiger partial charge in [0, 0.05) is 17.2 Å². The molecule has 1 aliphatic rings. The highest BCUT2D eigenvalue weighted by molar-refractivity contribution is 5.64. The lowest BCUT2D eigenvalue weighted by Crippen LogP contribution is -2.31. The topological polar surface area (TPSA) is 3.88 Å². The average Bonchev–Trinajstić information content (AvgIpc) is 2.98. The first-order valence-corrected chi connectivity index (χ1v) is 8.76. The molecule has 4 rings (SSSR count). The molecule has 0 bridgehead atoms. The summed E-state index contributed by atoms with van der Waals surface area (Å²) in [6.07, 6.45) is 4.53. The van der Waals surface area contributed by atoms with Crippen molar-refractivity contribution in [1.29, 1.82) is 0 Å². The average molecular weight is 314 g/mol. The van der Waals surface area contributed by atoms with E-state index >= 15 is 0 Å². The summed E-state index contributed by atoms with van der Waals surface area (Å²) in [5.74, 6) is 0.627. The molecule has 0 N–H and O–H groups in total. The van der Waals surface area contributed by atoms with E-state index in [1.165, 1.54) is 45.5 Å². The normalized spacial score (nSPS) is 16.2. The Morgan fingerprint density at radius 3 is 2.29 bits per heavy atom. The molecule has 120 valence electrons. The number of pyridine rings is 1. The van der Waals surface area contributed by atoms with Crippen LogP contribution in [0.5, 0.6) is 0 Å². The zero-order valence-corrected chi connectivity index (χ0v) is 14.7. The smallest absolute Gasteiger partial charge is 0.201 e. The Labute approximate surface area is 144 Å². The third kappa shape index (κ3) is 2.65. The fourth-order valence-corrected chi connectivity index (χ4v) is 4.06. The maximum absolute atomic E-state index is 2.43. The molecular weight excluding hydrogens is 290 g/mol. The quantitative estimate of drug-likeness (QED) is 0.605. The second-order valence-corrected chi connectivity index (χ2v) is 7.15. The van der Waals surface area contributed by atoms with Gasteiger partial charge in [-0.15, -0.1) is 0 Å². The Balaban J connectivity index is 1.72. The molecule has 1 heteroatoms. The number of aryl methyl sites for hydroxylation is 3. The molecule has 0 saturated carbocycles. The maximum Gasteiger partial charge on any atom is 0.212 e. The lowest BCUT2D eigenvalue weighted by molar-refractivity contribution is -0.660. The minimum atomic E-state index is 0.627. The minimum absolute atomic E-state index is 0.627. The third-order valence-corrected chi connectivity index (χ3v) is 5.31. The molecule has 1 aromatic heterocycles. The summed E-state index contributed by atoms with van der Waals surface area (Å²) >= 11 is 0. The van der Waals surface area contributed by atoms with Gasteiger partial charge >= 0.3 is 0 Å². The van der Waals surface area contributed by atoms with Crippen LogP contribution in [0.15, 0.2) is 60.8 Å².